The Kier molecular flexibility index (Phi) is 4.55. The lowest BCUT2D eigenvalue weighted by Crippen LogP contribution is -2.17. The second-order valence-corrected chi connectivity index (χ2v) is 6.91. The number of hydrogen-bond acceptors (Lipinski definition) is 4. The highest BCUT2D eigenvalue weighted by molar-refractivity contribution is 7.92. The Morgan fingerprint density at radius 2 is 1.88 bits per heavy atom. The fourth-order valence-electron chi connectivity index (χ4n) is 2.38. The van der Waals surface area contributed by atoms with Crippen LogP contribution < -0.4 is 4.72 Å². The van der Waals surface area contributed by atoms with E-state index < -0.39 is 39.0 Å². The maximum absolute atomic E-state index is 13.0. The van der Waals surface area contributed by atoms with E-state index in [1.54, 1.807) is 0 Å². The van der Waals surface area contributed by atoms with Gasteiger partial charge in [-0.05, 0) is 32.0 Å². The summed E-state index contributed by atoms with van der Waals surface area (Å²) in [5.74, 6) is -1.76. The molecular weight excluding hydrogens is 363 g/mol. The molecule has 0 atom stereocenters. The number of anilines is 1. The van der Waals surface area contributed by atoms with Crippen LogP contribution in [0, 0.1) is 13.8 Å². The lowest BCUT2D eigenvalue weighted by Gasteiger charge is -2.14. The number of nitrogens with zero attached hydrogens (tertiary/aromatic N) is 2. The Bertz CT molecular complexity index is 949. The Morgan fingerprint density at radius 1 is 1.28 bits per heavy atom. The van der Waals surface area contributed by atoms with E-state index in [4.69, 9.17) is 5.11 Å². The molecule has 0 saturated heterocycles. The molecule has 25 heavy (non-hydrogen) atoms. The van der Waals surface area contributed by atoms with Crippen molar-refractivity contribution in [3.63, 3.8) is 0 Å². The van der Waals surface area contributed by atoms with Crippen LogP contribution in [0.2, 0.25) is 0 Å². The van der Waals surface area contributed by atoms with Crippen LogP contribution in [0.3, 0.4) is 0 Å². The number of hydrogen-bond donors (Lipinski definition) is 2. The fourth-order valence-corrected chi connectivity index (χ4v) is 3.87. The Labute approximate surface area is 141 Å². The molecule has 0 radical (unpaired) electrons. The number of aromatic nitrogens is 2. The maximum atomic E-state index is 13.0. The van der Waals surface area contributed by atoms with Gasteiger partial charge in [0.1, 0.15) is 4.90 Å². The molecule has 2 rings (SSSR count). The summed E-state index contributed by atoms with van der Waals surface area (Å²) in [5.41, 5.74) is -2.32. The molecule has 1 aromatic carbocycles. The summed E-state index contributed by atoms with van der Waals surface area (Å²) in [5, 5.41) is 12.8. The van der Waals surface area contributed by atoms with Crippen molar-refractivity contribution < 1.29 is 31.5 Å². The highest BCUT2D eigenvalue weighted by atomic mass is 32.2. The van der Waals surface area contributed by atoms with Gasteiger partial charge in [-0.2, -0.15) is 18.3 Å². The van der Waals surface area contributed by atoms with Gasteiger partial charge in [0.15, 0.2) is 0 Å². The Morgan fingerprint density at radius 3 is 2.32 bits per heavy atom. The van der Waals surface area contributed by atoms with Gasteiger partial charge < -0.3 is 5.11 Å². The number of aryl methyl sites for hydroxylation is 2. The van der Waals surface area contributed by atoms with Gasteiger partial charge in [-0.25, -0.2) is 13.2 Å². The van der Waals surface area contributed by atoms with Crippen molar-refractivity contribution in [2.45, 2.75) is 24.9 Å². The molecule has 2 N–H and O–H groups in total. The lowest BCUT2D eigenvalue weighted by atomic mass is 10.1. The van der Waals surface area contributed by atoms with E-state index in [-0.39, 0.29) is 10.6 Å². The minimum Gasteiger partial charge on any atom is -0.478 e. The van der Waals surface area contributed by atoms with Crippen molar-refractivity contribution in [1.82, 2.24) is 9.78 Å². The zero-order chi connectivity index (χ0) is 19.2. The Hall–Kier alpha value is -2.56. The molecule has 0 aliphatic carbocycles. The van der Waals surface area contributed by atoms with Crippen LogP contribution in [-0.2, 0) is 23.2 Å². The van der Waals surface area contributed by atoms with E-state index in [0.717, 1.165) is 6.07 Å². The number of benzene rings is 1. The third-order valence-electron chi connectivity index (χ3n) is 3.52. The first kappa shape index (κ1) is 18.8. The highest BCUT2D eigenvalue weighted by Gasteiger charge is 2.36. The van der Waals surface area contributed by atoms with Crippen LogP contribution in [0.5, 0.6) is 0 Å². The normalized spacial score (nSPS) is 12.2. The van der Waals surface area contributed by atoms with Crippen molar-refractivity contribution in [2.75, 3.05) is 4.72 Å². The number of carboxylic acids is 1. The first-order valence-electron chi connectivity index (χ1n) is 6.82. The van der Waals surface area contributed by atoms with Gasteiger partial charge in [0, 0.05) is 12.7 Å². The predicted octanol–water partition coefficient (Wildman–Crippen LogP) is 2.55. The largest absolute Gasteiger partial charge is 0.478 e. The van der Waals surface area contributed by atoms with Crippen LogP contribution >= 0.6 is 0 Å². The summed E-state index contributed by atoms with van der Waals surface area (Å²) in [6, 6.07) is 2.10. The number of sulfonamides is 1. The van der Waals surface area contributed by atoms with Crippen LogP contribution in [0.4, 0.5) is 18.9 Å². The van der Waals surface area contributed by atoms with Crippen molar-refractivity contribution in [1.29, 1.82) is 0 Å². The molecule has 11 heteroatoms. The second kappa shape index (κ2) is 6.06. The molecule has 7 nitrogen and oxygen atoms in total. The van der Waals surface area contributed by atoms with E-state index in [0.29, 0.717) is 17.8 Å². The molecule has 136 valence electrons. The van der Waals surface area contributed by atoms with Crippen molar-refractivity contribution in [3.8, 4) is 0 Å². The number of alkyl halides is 3. The smallest absolute Gasteiger partial charge is 0.417 e. The molecular formula is C14H14F3N3O4S. The predicted molar refractivity (Wildman–Crippen MR) is 81.9 cm³/mol. The molecule has 0 bridgehead atoms. The summed E-state index contributed by atoms with van der Waals surface area (Å²) in [6.07, 6.45) is -4.95. The van der Waals surface area contributed by atoms with E-state index in [1.165, 1.54) is 25.6 Å². The minimum absolute atomic E-state index is 0.147. The average Bonchev–Trinajstić information content (AvgIpc) is 2.70. The minimum atomic E-state index is -4.95. The quantitative estimate of drug-likeness (QED) is 0.853. The first-order valence-corrected chi connectivity index (χ1v) is 8.30. The van der Waals surface area contributed by atoms with E-state index in [9.17, 15) is 26.4 Å². The van der Waals surface area contributed by atoms with Crippen LogP contribution in [-0.4, -0.2) is 29.3 Å². The zero-order valence-electron chi connectivity index (χ0n) is 13.3. The monoisotopic (exact) mass is 377 g/mol. The second-order valence-electron chi connectivity index (χ2n) is 5.29. The molecule has 0 unspecified atom stereocenters. The fraction of sp³-hybridized carbons (Fsp3) is 0.286. The lowest BCUT2D eigenvalue weighted by molar-refractivity contribution is -0.138. The van der Waals surface area contributed by atoms with Gasteiger partial charge in [0.05, 0.1) is 22.5 Å². The molecule has 0 aliphatic rings. The van der Waals surface area contributed by atoms with Crippen molar-refractivity contribution in [3.05, 3.63) is 40.7 Å². The van der Waals surface area contributed by atoms with E-state index in [2.05, 4.69) is 5.10 Å². The van der Waals surface area contributed by atoms with Gasteiger partial charge in [-0.3, -0.25) is 9.40 Å². The SMILES string of the molecule is Cc1nn(C)c(C)c1S(=O)(=O)Nc1ccc(C(=O)O)c(C(F)(F)F)c1. The van der Waals surface area contributed by atoms with Crippen molar-refractivity contribution in [2.24, 2.45) is 7.05 Å². The molecule has 1 heterocycles. The number of aromatic carboxylic acids is 1. The molecule has 0 saturated carbocycles. The van der Waals surface area contributed by atoms with E-state index >= 15 is 0 Å². The number of carbonyl (C=O) groups is 1. The molecule has 0 fully saturated rings. The molecule has 0 aliphatic heterocycles. The number of rotatable bonds is 4. The zero-order valence-corrected chi connectivity index (χ0v) is 14.2. The van der Waals surface area contributed by atoms with Gasteiger partial charge in [0.2, 0.25) is 0 Å². The topological polar surface area (TPSA) is 101 Å². The molecule has 0 spiro atoms. The van der Waals surface area contributed by atoms with Gasteiger partial charge >= 0.3 is 12.1 Å². The molecule has 1 aromatic heterocycles. The van der Waals surface area contributed by atoms with Crippen LogP contribution in [0.15, 0.2) is 23.1 Å². The van der Waals surface area contributed by atoms with Crippen LogP contribution in [0.1, 0.15) is 27.3 Å². The Balaban J connectivity index is 2.52. The van der Waals surface area contributed by atoms with Crippen LogP contribution in [0.25, 0.3) is 0 Å². The molecule has 0 amide bonds. The first-order chi connectivity index (χ1) is 11.3. The highest BCUT2D eigenvalue weighted by Crippen LogP contribution is 2.34. The summed E-state index contributed by atoms with van der Waals surface area (Å²) in [4.78, 5) is 10.8. The summed E-state index contributed by atoms with van der Waals surface area (Å²) in [6.45, 7) is 2.96. The average molecular weight is 377 g/mol. The summed E-state index contributed by atoms with van der Waals surface area (Å²) >= 11 is 0. The van der Waals surface area contributed by atoms with Gasteiger partial charge in [0.25, 0.3) is 10.0 Å². The number of nitrogens with one attached hydrogen (secondary N) is 1. The summed E-state index contributed by atoms with van der Waals surface area (Å²) in [7, 11) is -2.66. The maximum Gasteiger partial charge on any atom is 0.417 e. The van der Waals surface area contributed by atoms with Gasteiger partial charge in [-0.1, -0.05) is 0 Å². The number of carboxylic acid groups (broad SMARTS) is 1. The third kappa shape index (κ3) is 3.60. The van der Waals surface area contributed by atoms with Gasteiger partial charge in [-0.15, -0.1) is 0 Å². The van der Waals surface area contributed by atoms with Crippen molar-refractivity contribution >= 4 is 21.7 Å². The summed E-state index contributed by atoms with van der Waals surface area (Å²) < 4.78 is 67.4. The number of halogens is 3. The van der Waals surface area contributed by atoms with E-state index in [1.807, 2.05) is 4.72 Å². The standard InChI is InChI=1S/C14H14F3N3O4S/c1-7-12(8(2)20(3)18-7)25(23,24)19-9-4-5-10(13(21)22)11(6-9)14(15,16)17/h4-6,19H,1-3H3,(H,21,22). The third-order valence-corrected chi connectivity index (χ3v) is 5.15. The molecule has 2 aromatic rings.